The molecule has 2 nitrogen and oxygen atoms in total. The predicted octanol–water partition coefficient (Wildman–Crippen LogP) is 3.29. The van der Waals surface area contributed by atoms with Crippen molar-refractivity contribution in [3.63, 3.8) is 0 Å². The van der Waals surface area contributed by atoms with Crippen molar-refractivity contribution in [2.24, 2.45) is 0 Å². The monoisotopic (exact) mass is 250 g/mol. The number of nitrogens with zero attached hydrogens (tertiary/aromatic N) is 1. The molecule has 0 spiro atoms. The second-order valence-electron chi connectivity index (χ2n) is 3.90. The Balaban J connectivity index is 2.35. The summed E-state index contributed by atoms with van der Waals surface area (Å²) >= 11 is 1.61. The summed E-state index contributed by atoms with van der Waals surface area (Å²) in [5, 5.41) is 3.40. The first kappa shape index (κ1) is 12.2. The van der Waals surface area contributed by atoms with Gasteiger partial charge in [-0.2, -0.15) is 0 Å². The Kier molecular flexibility index (Phi) is 3.86. The molecule has 1 N–H and O–H groups in total. The molecule has 90 valence electrons. The molecule has 1 unspecified atom stereocenters. The number of rotatable bonds is 4. The van der Waals surface area contributed by atoms with Gasteiger partial charge >= 0.3 is 0 Å². The van der Waals surface area contributed by atoms with Crippen molar-refractivity contribution in [3.05, 3.63) is 51.7 Å². The first-order valence-corrected chi connectivity index (χ1v) is 6.48. The van der Waals surface area contributed by atoms with Crippen LogP contribution in [0.4, 0.5) is 4.39 Å². The Labute approximate surface area is 105 Å². The van der Waals surface area contributed by atoms with Crippen LogP contribution in [-0.2, 0) is 0 Å². The van der Waals surface area contributed by atoms with Crippen LogP contribution in [0.1, 0.15) is 29.0 Å². The molecule has 0 amide bonds. The van der Waals surface area contributed by atoms with Crippen LogP contribution >= 0.6 is 11.3 Å². The Hall–Kier alpha value is -1.26. The van der Waals surface area contributed by atoms with Gasteiger partial charge in [0.2, 0.25) is 0 Å². The van der Waals surface area contributed by atoms with E-state index in [2.05, 4.69) is 17.2 Å². The molecule has 4 heteroatoms. The first-order chi connectivity index (χ1) is 8.22. The smallest absolute Gasteiger partial charge is 0.126 e. The van der Waals surface area contributed by atoms with Crippen molar-refractivity contribution < 1.29 is 4.39 Å². The number of halogens is 1. The van der Waals surface area contributed by atoms with Crippen molar-refractivity contribution in [1.82, 2.24) is 10.3 Å². The second-order valence-corrected chi connectivity index (χ2v) is 4.82. The molecule has 0 saturated heterocycles. The molecule has 17 heavy (non-hydrogen) atoms. The van der Waals surface area contributed by atoms with Crippen LogP contribution in [0.3, 0.4) is 0 Å². The van der Waals surface area contributed by atoms with Gasteiger partial charge in [0.25, 0.3) is 0 Å². The van der Waals surface area contributed by atoms with Crippen LogP contribution in [0.15, 0.2) is 29.9 Å². The Bertz CT molecular complexity index is 482. The number of hydrogen-bond donors (Lipinski definition) is 1. The van der Waals surface area contributed by atoms with Crippen LogP contribution in [0.2, 0.25) is 0 Å². The van der Waals surface area contributed by atoms with Crippen molar-refractivity contribution in [1.29, 1.82) is 0 Å². The zero-order chi connectivity index (χ0) is 12.3. The highest BCUT2D eigenvalue weighted by Gasteiger charge is 2.15. The van der Waals surface area contributed by atoms with E-state index in [1.807, 2.05) is 23.8 Å². The number of nitrogens with one attached hydrogen (secondary N) is 1. The number of hydrogen-bond acceptors (Lipinski definition) is 3. The van der Waals surface area contributed by atoms with E-state index in [1.54, 1.807) is 18.3 Å². The molecule has 2 rings (SSSR count). The van der Waals surface area contributed by atoms with Crippen LogP contribution < -0.4 is 5.32 Å². The molecule has 0 radical (unpaired) electrons. The highest BCUT2D eigenvalue weighted by Crippen LogP contribution is 2.26. The van der Waals surface area contributed by atoms with Gasteiger partial charge in [0.15, 0.2) is 0 Å². The molecule has 0 aliphatic carbocycles. The average molecular weight is 250 g/mol. The summed E-state index contributed by atoms with van der Waals surface area (Å²) in [6.45, 7) is 4.71. The number of aromatic nitrogens is 1. The van der Waals surface area contributed by atoms with E-state index >= 15 is 0 Å². The van der Waals surface area contributed by atoms with E-state index in [0.717, 1.165) is 17.0 Å². The fourth-order valence-corrected chi connectivity index (χ4v) is 2.52. The van der Waals surface area contributed by atoms with Gasteiger partial charge in [0.1, 0.15) is 5.82 Å². The van der Waals surface area contributed by atoms with Crippen molar-refractivity contribution in [3.8, 4) is 0 Å². The second kappa shape index (κ2) is 5.38. The molecule has 1 atom stereocenters. The van der Waals surface area contributed by atoms with Gasteiger partial charge in [-0.3, -0.25) is 4.98 Å². The third kappa shape index (κ3) is 2.70. The molecule has 0 fully saturated rings. The third-order valence-corrected chi connectivity index (χ3v) is 3.50. The van der Waals surface area contributed by atoms with Gasteiger partial charge in [0.05, 0.1) is 11.6 Å². The SMILES string of the molecule is CCNC(c1ccc(F)c(C)c1)c1cncs1. The summed E-state index contributed by atoms with van der Waals surface area (Å²) in [5.41, 5.74) is 3.57. The minimum atomic E-state index is -0.159. The van der Waals surface area contributed by atoms with Crippen molar-refractivity contribution >= 4 is 11.3 Å². The van der Waals surface area contributed by atoms with Crippen LogP contribution in [0.25, 0.3) is 0 Å². The molecule has 1 aromatic carbocycles. The predicted molar refractivity (Wildman–Crippen MR) is 68.8 cm³/mol. The lowest BCUT2D eigenvalue weighted by Crippen LogP contribution is -2.21. The number of thiazole rings is 1. The lowest BCUT2D eigenvalue weighted by atomic mass is 10.0. The molecular weight excluding hydrogens is 235 g/mol. The average Bonchev–Trinajstić information content (AvgIpc) is 2.83. The lowest BCUT2D eigenvalue weighted by molar-refractivity contribution is 0.608. The van der Waals surface area contributed by atoms with Crippen LogP contribution in [-0.4, -0.2) is 11.5 Å². The molecule has 0 aliphatic rings. The van der Waals surface area contributed by atoms with Crippen molar-refractivity contribution in [2.45, 2.75) is 19.9 Å². The van der Waals surface area contributed by atoms with Gasteiger partial charge in [-0.15, -0.1) is 11.3 Å². The number of aryl methyl sites for hydroxylation is 1. The zero-order valence-corrected chi connectivity index (χ0v) is 10.7. The van der Waals surface area contributed by atoms with Gasteiger partial charge in [-0.25, -0.2) is 4.39 Å². The molecule has 0 saturated carbocycles. The van der Waals surface area contributed by atoms with E-state index in [1.165, 1.54) is 6.07 Å². The fourth-order valence-electron chi connectivity index (χ4n) is 1.80. The van der Waals surface area contributed by atoms with Crippen LogP contribution in [0.5, 0.6) is 0 Å². The highest BCUT2D eigenvalue weighted by atomic mass is 32.1. The topological polar surface area (TPSA) is 24.9 Å². The van der Waals surface area contributed by atoms with E-state index in [9.17, 15) is 4.39 Å². The van der Waals surface area contributed by atoms with Crippen molar-refractivity contribution in [2.75, 3.05) is 6.54 Å². The normalized spacial score (nSPS) is 12.6. The maximum Gasteiger partial charge on any atom is 0.126 e. The summed E-state index contributed by atoms with van der Waals surface area (Å²) in [4.78, 5) is 5.25. The van der Waals surface area contributed by atoms with Gasteiger partial charge < -0.3 is 5.32 Å². The summed E-state index contributed by atoms with van der Waals surface area (Å²) < 4.78 is 13.3. The molecule has 0 bridgehead atoms. The van der Waals surface area contributed by atoms with Gasteiger partial charge in [-0.05, 0) is 30.7 Å². The highest BCUT2D eigenvalue weighted by molar-refractivity contribution is 7.09. The first-order valence-electron chi connectivity index (χ1n) is 5.60. The quantitative estimate of drug-likeness (QED) is 0.900. The largest absolute Gasteiger partial charge is 0.306 e. The van der Waals surface area contributed by atoms with E-state index in [0.29, 0.717) is 5.56 Å². The minimum absolute atomic E-state index is 0.104. The minimum Gasteiger partial charge on any atom is -0.306 e. The van der Waals surface area contributed by atoms with Gasteiger partial charge in [-0.1, -0.05) is 19.1 Å². The summed E-state index contributed by atoms with van der Waals surface area (Å²) in [5.74, 6) is -0.159. The summed E-state index contributed by atoms with van der Waals surface area (Å²) in [6.07, 6.45) is 1.86. The van der Waals surface area contributed by atoms with Crippen LogP contribution in [0, 0.1) is 12.7 Å². The fraction of sp³-hybridized carbons (Fsp3) is 0.308. The standard InChI is InChI=1S/C13H15FN2S/c1-3-16-13(12-7-15-8-17-12)10-4-5-11(14)9(2)6-10/h4-8,13,16H,3H2,1-2H3. The van der Waals surface area contributed by atoms with Gasteiger partial charge in [0, 0.05) is 11.1 Å². The number of benzene rings is 1. The molecule has 1 aromatic heterocycles. The zero-order valence-electron chi connectivity index (χ0n) is 9.90. The lowest BCUT2D eigenvalue weighted by Gasteiger charge is -2.17. The Morgan fingerprint density at radius 1 is 1.47 bits per heavy atom. The summed E-state index contributed by atoms with van der Waals surface area (Å²) in [7, 11) is 0. The molecule has 2 aromatic rings. The maximum absolute atomic E-state index is 13.3. The molecule has 0 aliphatic heterocycles. The molecular formula is C13H15FN2S. The Morgan fingerprint density at radius 2 is 2.29 bits per heavy atom. The maximum atomic E-state index is 13.3. The molecule has 1 heterocycles. The van der Waals surface area contributed by atoms with E-state index in [-0.39, 0.29) is 11.9 Å². The Morgan fingerprint density at radius 3 is 2.88 bits per heavy atom. The third-order valence-electron chi connectivity index (χ3n) is 2.66. The summed E-state index contributed by atoms with van der Waals surface area (Å²) in [6, 6.07) is 5.35. The van der Waals surface area contributed by atoms with E-state index < -0.39 is 0 Å². The van der Waals surface area contributed by atoms with E-state index in [4.69, 9.17) is 0 Å².